The van der Waals surface area contributed by atoms with Gasteiger partial charge in [0.15, 0.2) is 0 Å². The third kappa shape index (κ3) is 8.40. The van der Waals surface area contributed by atoms with E-state index in [1.54, 1.807) is 46.9 Å². The molecule has 3 heterocycles. The molecule has 1 saturated heterocycles. The minimum Gasteiger partial charge on any atom is -0.497 e. The van der Waals surface area contributed by atoms with Crippen LogP contribution in [-0.4, -0.2) is 102 Å². The van der Waals surface area contributed by atoms with Crippen molar-refractivity contribution in [1.82, 2.24) is 30.2 Å². The van der Waals surface area contributed by atoms with Gasteiger partial charge in [-0.3, -0.25) is 19.1 Å². The van der Waals surface area contributed by atoms with Crippen molar-refractivity contribution in [3.05, 3.63) is 23.9 Å². The number of halogens is 2. The number of amides is 4. The Balaban J connectivity index is 1.15. The predicted octanol–water partition coefficient (Wildman–Crippen LogP) is 5.43. The zero-order valence-electron chi connectivity index (χ0n) is 36.4. The number of fused-ring (bicyclic) bond motifs is 7. The van der Waals surface area contributed by atoms with Crippen LogP contribution in [0.5, 0.6) is 11.6 Å². The largest absolute Gasteiger partial charge is 0.497 e. The number of nitrogens with one attached hydrogen (secondary N) is 3. The number of methoxy groups -OCH3 is 1. The van der Waals surface area contributed by atoms with Crippen molar-refractivity contribution < 1.29 is 50.6 Å². The van der Waals surface area contributed by atoms with Crippen molar-refractivity contribution in [3.63, 3.8) is 0 Å². The Hall–Kier alpha value is -4.35. The molecule has 2 bridgehead atoms. The molecule has 2 aromatic rings. The molecule has 0 spiro atoms. The number of sulfonamides is 1. The molecule has 10 atom stereocenters. The predicted molar refractivity (Wildman–Crippen MR) is 223 cm³/mol. The van der Waals surface area contributed by atoms with E-state index in [0.717, 1.165) is 44.9 Å². The molecule has 10 unspecified atom stereocenters. The monoisotopic (exact) mass is 886 g/mol. The molecule has 62 heavy (non-hydrogen) atoms. The zero-order chi connectivity index (χ0) is 44.5. The number of nitrogens with zero attached hydrogens (tertiary/aromatic N) is 3. The van der Waals surface area contributed by atoms with Gasteiger partial charge in [-0.15, -0.1) is 0 Å². The lowest BCUT2D eigenvalue weighted by Gasteiger charge is -2.36. The molecule has 4 aliphatic carbocycles. The van der Waals surface area contributed by atoms with Gasteiger partial charge >= 0.3 is 6.09 Å². The maximum Gasteiger partial charge on any atom is 0.408 e. The topological polar surface area (TPSA) is 195 Å². The summed E-state index contributed by atoms with van der Waals surface area (Å²) >= 11 is 0. The quantitative estimate of drug-likeness (QED) is 0.306. The Morgan fingerprint density at radius 2 is 1.79 bits per heavy atom. The molecule has 3 N–H and O–H groups in total. The lowest BCUT2D eigenvalue weighted by molar-refractivity contribution is -0.143. The lowest BCUT2D eigenvalue weighted by atomic mass is 9.71. The number of hydrogen-bond donors (Lipinski definition) is 3. The molecule has 1 aromatic heterocycles. The number of benzene rings is 1. The molecule has 5 fully saturated rings. The lowest BCUT2D eigenvalue weighted by Crippen LogP contribution is -2.61. The summed E-state index contributed by atoms with van der Waals surface area (Å²) in [6, 6.07) is 2.83. The van der Waals surface area contributed by atoms with Crippen LogP contribution in [0.2, 0.25) is 0 Å². The Labute approximate surface area is 361 Å². The average molecular weight is 887 g/mol. The second-order valence-electron chi connectivity index (χ2n) is 20.0. The van der Waals surface area contributed by atoms with Gasteiger partial charge in [0.05, 0.1) is 29.4 Å². The van der Waals surface area contributed by atoms with Gasteiger partial charge in [0.2, 0.25) is 34.1 Å². The number of carbonyl (C=O) groups excluding carboxylic acids is 4. The van der Waals surface area contributed by atoms with E-state index in [0.29, 0.717) is 53.6 Å². The summed E-state index contributed by atoms with van der Waals surface area (Å²) < 4.78 is 73.3. The number of carbonyl (C=O) groups is 4. The number of aromatic nitrogens is 2. The first-order chi connectivity index (χ1) is 29.2. The van der Waals surface area contributed by atoms with Crippen LogP contribution in [0.15, 0.2) is 18.2 Å². The summed E-state index contributed by atoms with van der Waals surface area (Å²) in [6.45, 7) is 8.40. The van der Waals surface area contributed by atoms with Gasteiger partial charge in [0, 0.05) is 18.4 Å². The first-order valence-electron chi connectivity index (χ1n) is 22.2. The summed E-state index contributed by atoms with van der Waals surface area (Å²) in [6.07, 6.45) is 1.94. The summed E-state index contributed by atoms with van der Waals surface area (Å²) in [7, 11) is -2.64. The molecule has 8 rings (SSSR count). The second kappa shape index (κ2) is 16.3. The number of rotatable bonds is 8. The van der Waals surface area contributed by atoms with Crippen molar-refractivity contribution in [2.45, 2.75) is 153 Å². The highest BCUT2D eigenvalue weighted by atomic mass is 32.2. The first-order valence-corrected chi connectivity index (χ1v) is 23.7. The first kappa shape index (κ1) is 44.3. The van der Waals surface area contributed by atoms with E-state index >= 15 is 4.79 Å². The normalized spacial score (nSPS) is 33.3. The van der Waals surface area contributed by atoms with Crippen LogP contribution in [0.1, 0.15) is 111 Å². The van der Waals surface area contributed by atoms with Gasteiger partial charge in [-0.1, -0.05) is 40.5 Å². The molecule has 15 nitrogen and oxygen atoms in total. The number of alkyl carbamates (subject to hydrolysis) is 1. The summed E-state index contributed by atoms with van der Waals surface area (Å²) in [5.41, 5.74) is -1.10. The minimum absolute atomic E-state index is 0.154. The maximum atomic E-state index is 15.0. The molecule has 2 aliphatic heterocycles. The third-order valence-corrected chi connectivity index (χ3v) is 17.0. The van der Waals surface area contributed by atoms with E-state index < -0.39 is 92.4 Å². The van der Waals surface area contributed by atoms with E-state index in [9.17, 15) is 31.6 Å². The van der Waals surface area contributed by atoms with Crippen molar-refractivity contribution >= 4 is 44.9 Å². The molecule has 6 aliphatic rings. The Kier molecular flexibility index (Phi) is 11.7. The molecule has 0 radical (unpaired) electrons. The van der Waals surface area contributed by atoms with Gasteiger partial charge in [-0.05, 0) is 106 Å². The van der Waals surface area contributed by atoms with Crippen LogP contribution in [0.4, 0.5) is 13.6 Å². The highest BCUT2D eigenvalue weighted by molar-refractivity contribution is 7.91. The number of aryl methyl sites for hydroxylation is 1. The standard InChI is InChI=1S/C44H60F2N6O9S/c1-23-33-22-52(35(23)37(53)50-44(21-25(44)19-34(45)46)40(55)51-62(57,58)43(5)16-17-43)39(54)36(42(2,3)4)49-41(56)61-32-18-24-12-14-27(24)28(32)10-8-7-9-11-30-38(60-33)48-31-20-26(59-6)13-15-29(31)47-30/h13,15,20,23-25,27-28,32-36H,7-12,14,16-19,21-22H2,1-6H3,(H,49,56)(H,50,53)(H,51,55). The van der Waals surface area contributed by atoms with Crippen molar-refractivity contribution in [2.24, 2.45) is 35.0 Å². The van der Waals surface area contributed by atoms with E-state index in [1.165, 1.54) is 11.8 Å². The van der Waals surface area contributed by atoms with Crippen LogP contribution < -0.4 is 24.8 Å². The van der Waals surface area contributed by atoms with E-state index in [2.05, 4.69) is 15.4 Å². The van der Waals surface area contributed by atoms with Gasteiger partial charge in [-0.2, -0.15) is 0 Å². The molecular formula is C44H60F2N6O9S. The molecular weight excluding hydrogens is 827 g/mol. The minimum atomic E-state index is -4.19. The number of hydrogen-bond acceptors (Lipinski definition) is 11. The third-order valence-electron chi connectivity index (χ3n) is 14.8. The Morgan fingerprint density at radius 3 is 2.45 bits per heavy atom. The molecule has 4 amide bonds. The fourth-order valence-corrected chi connectivity index (χ4v) is 11.7. The smallest absolute Gasteiger partial charge is 0.408 e. The molecule has 340 valence electrons. The van der Waals surface area contributed by atoms with Crippen molar-refractivity contribution in [1.29, 1.82) is 0 Å². The summed E-state index contributed by atoms with van der Waals surface area (Å²) in [4.78, 5) is 68.7. The van der Waals surface area contributed by atoms with Gasteiger partial charge in [0.1, 0.15) is 41.3 Å². The highest BCUT2D eigenvalue weighted by Gasteiger charge is 2.65. The fraction of sp³-hybridized carbons (Fsp3) is 0.727. The highest BCUT2D eigenvalue weighted by Crippen LogP contribution is 2.53. The van der Waals surface area contributed by atoms with E-state index in [-0.39, 0.29) is 30.9 Å². The fourth-order valence-electron chi connectivity index (χ4n) is 10.4. The van der Waals surface area contributed by atoms with Crippen molar-refractivity contribution in [2.75, 3.05) is 13.7 Å². The van der Waals surface area contributed by atoms with Crippen LogP contribution >= 0.6 is 0 Å². The summed E-state index contributed by atoms with van der Waals surface area (Å²) in [5.74, 6) is -2.44. The zero-order valence-corrected chi connectivity index (χ0v) is 37.2. The van der Waals surface area contributed by atoms with Gasteiger partial charge < -0.3 is 29.7 Å². The molecule has 4 saturated carbocycles. The van der Waals surface area contributed by atoms with Crippen LogP contribution in [0, 0.1) is 35.0 Å². The second-order valence-corrected chi connectivity index (χ2v) is 22.2. The SMILES string of the molecule is COc1ccc2nc3c(nc2c1)OC1CN(C(=O)C(C(C)(C)C)NC(=O)OC2CC4CCC4C2CCCCC3)C(C(=O)NC2(C(=O)NS(=O)(=O)C3(C)CC3)CC2CC(F)F)C1C. The van der Waals surface area contributed by atoms with Gasteiger partial charge in [-0.25, -0.2) is 32.0 Å². The van der Waals surface area contributed by atoms with Crippen molar-refractivity contribution in [3.8, 4) is 11.6 Å². The molecule has 18 heteroatoms. The van der Waals surface area contributed by atoms with Crippen LogP contribution in [0.25, 0.3) is 11.0 Å². The number of alkyl halides is 2. The Morgan fingerprint density at radius 1 is 1.03 bits per heavy atom. The molecule has 1 aromatic carbocycles. The van der Waals surface area contributed by atoms with Crippen LogP contribution in [-0.2, 0) is 35.6 Å². The number of ether oxygens (including phenoxy) is 3. The Bertz CT molecular complexity index is 2220. The van der Waals surface area contributed by atoms with Crippen LogP contribution in [0.3, 0.4) is 0 Å². The van der Waals surface area contributed by atoms with E-state index in [1.807, 2.05) is 6.07 Å². The summed E-state index contributed by atoms with van der Waals surface area (Å²) in [5, 5.41) is 5.53. The average Bonchev–Trinajstić information content (AvgIpc) is 4.06. The van der Waals surface area contributed by atoms with E-state index in [4.69, 9.17) is 24.2 Å². The van der Waals surface area contributed by atoms with Gasteiger partial charge in [0.25, 0.3) is 5.91 Å². The maximum absolute atomic E-state index is 15.0.